The van der Waals surface area contributed by atoms with Gasteiger partial charge >= 0.3 is 5.97 Å². The maximum Gasteiger partial charge on any atom is 0.328 e. The molecule has 0 heterocycles. The Bertz CT molecular complexity index is 1040. The van der Waals surface area contributed by atoms with Crippen molar-refractivity contribution in [2.45, 2.75) is 26.3 Å². The molecule has 0 saturated heterocycles. The maximum atomic E-state index is 13.2. The first-order valence-corrected chi connectivity index (χ1v) is 10.4. The zero-order valence-electron chi connectivity index (χ0n) is 16.7. The summed E-state index contributed by atoms with van der Waals surface area (Å²) < 4.78 is 5.76. The van der Waals surface area contributed by atoms with E-state index in [-0.39, 0.29) is 11.8 Å². The number of hydrogen-bond donors (Lipinski definition) is 1. The molecule has 1 amide bonds. The number of carbonyl (C=O) groups excluding carboxylic acids is 2. The molecule has 5 heteroatoms. The number of nitrogens with one attached hydrogen (secondary N) is 1. The predicted molar refractivity (Wildman–Crippen MR) is 120 cm³/mol. The lowest BCUT2D eigenvalue weighted by Crippen LogP contribution is -2.42. The van der Waals surface area contributed by atoms with Crippen LogP contribution in [0.25, 0.3) is 21.9 Å². The summed E-state index contributed by atoms with van der Waals surface area (Å²) in [6, 6.07) is 19.0. The summed E-state index contributed by atoms with van der Waals surface area (Å²) in [4.78, 5) is 25.3. The number of esters is 1. The van der Waals surface area contributed by atoms with Gasteiger partial charge in [-0.05, 0) is 52.4 Å². The van der Waals surface area contributed by atoms with Crippen LogP contribution in [0.5, 0.6) is 0 Å². The van der Waals surface area contributed by atoms with E-state index in [1.54, 1.807) is 6.07 Å². The molecule has 0 aliphatic carbocycles. The smallest absolute Gasteiger partial charge is 0.328 e. The fourth-order valence-electron chi connectivity index (χ4n) is 3.46. The zero-order valence-corrected chi connectivity index (χ0v) is 18.3. The molecule has 0 bridgehead atoms. The second kappa shape index (κ2) is 9.23. The van der Waals surface area contributed by atoms with Crippen molar-refractivity contribution in [3.63, 3.8) is 0 Å². The fourth-order valence-corrected chi connectivity index (χ4v) is 3.82. The molecule has 0 saturated carbocycles. The lowest BCUT2D eigenvalue weighted by atomic mass is 9.94. The molecule has 0 fully saturated rings. The van der Waals surface area contributed by atoms with Gasteiger partial charge in [0, 0.05) is 10.0 Å². The highest BCUT2D eigenvalue weighted by atomic mass is 79.9. The molecule has 3 rings (SSSR count). The van der Waals surface area contributed by atoms with E-state index < -0.39 is 12.0 Å². The van der Waals surface area contributed by atoms with Gasteiger partial charge in [0.2, 0.25) is 0 Å². The fraction of sp³-hybridized carbons (Fsp3) is 0.250. The van der Waals surface area contributed by atoms with Crippen molar-refractivity contribution in [1.29, 1.82) is 0 Å². The van der Waals surface area contributed by atoms with Crippen molar-refractivity contribution >= 4 is 38.6 Å². The van der Waals surface area contributed by atoms with Crippen molar-refractivity contribution in [3.8, 4) is 11.1 Å². The largest absolute Gasteiger partial charge is 0.467 e. The molecule has 1 atom stereocenters. The monoisotopic (exact) mass is 453 g/mol. The third-order valence-corrected chi connectivity index (χ3v) is 5.30. The van der Waals surface area contributed by atoms with E-state index in [1.165, 1.54) is 7.11 Å². The van der Waals surface area contributed by atoms with Crippen LogP contribution < -0.4 is 5.32 Å². The molecular formula is C24H24BrNO3. The Morgan fingerprint density at radius 1 is 1.00 bits per heavy atom. The highest BCUT2D eigenvalue weighted by molar-refractivity contribution is 9.10. The van der Waals surface area contributed by atoms with Crippen molar-refractivity contribution in [3.05, 3.63) is 70.7 Å². The van der Waals surface area contributed by atoms with Gasteiger partial charge in [0.15, 0.2) is 0 Å². The Morgan fingerprint density at radius 3 is 2.45 bits per heavy atom. The average Bonchev–Trinajstić information content (AvgIpc) is 2.71. The molecule has 0 aromatic heterocycles. The van der Waals surface area contributed by atoms with Crippen LogP contribution in [-0.2, 0) is 9.53 Å². The quantitative estimate of drug-likeness (QED) is 0.495. The first-order chi connectivity index (χ1) is 13.9. The minimum atomic E-state index is -0.684. The maximum absolute atomic E-state index is 13.2. The number of fused-ring (bicyclic) bond motifs is 1. The molecular weight excluding hydrogens is 430 g/mol. The third kappa shape index (κ3) is 4.85. The molecule has 1 N–H and O–H groups in total. The van der Waals surface area contributed by atoms with E-state index in [9.17, 15) is 9.59 Å². The summed E-state index contributed by atoms with van der Waals surface area (Å²) in [7, 11) is 1.34. The van der Waals surface area contributed by atoms with Gasteiger partial charge < -0.3 is 10.1 Å². The van der Waals surface area contributed by atoms with Gasteiger partial charge in [0.25, 0.3) is 5.91 Å². The van der Waals surface area contributed by atoms with Crippen LogP contribution in [0, 0.1) is 5.92 Å². The Morgan fingerprint density at radius 2 is 1.72 bits per heavy atom. The summed E-state index contributed by atoms with van der Waals surface area (Å²) in [6.45, 7) is 4.01. The van der Waals surface area contributed by atoms with Crippen LogP contribution in [0.3, 0.4) is 0 Å². The van der Waals surface area contributed by atoms with E-state index in [1.807, 2.05) is 68.4 Å². The second-order valence-corrected chi connectivity index (χ2v) is 8.31. The van der Waals surface area contributed by atoms with Gasteiger partial charge in [0.1, 0.15) is 6.04 Å². The Hall–Kier alpha value is -2.66. The number of methoxy groups -OCH3 is 1. The van der Waals surface area contributed by atoms with Crippen molar-refractivity contribution in [2.75, 3.05) is 7.11 Å². The Kier molecular flexibility index (Phi) is 6.70. The van der Waals surface area contributed by atoms with Gasteiger partial charge in [0.05, 0.1) is 7.11 Å². The van der Waals surface area contributed by atoms with Crippen LogP contribution in [0.15, 0.2) is 65.1 Å². The topological polar surface area (TPSA) is 55.4 Å². The lowest BCUT2D eigenvalue weighted by Gasteiger charge is -2.20. The number of halogens is 1. The van der Waals surface area contributed by atoms with Crippen LogP contribution in [0.4, 0.5) is 0 Å². The summed E-state index contributed by atoms with van der Waals surface area (Å²) in [5.74, 6) is -0.491. The van der Waals surface area contributed by atoms with E-state index in [4.69, 9.17) is 4.74 Å². The number of carbonyl (C=O) groups is 2. The SMILES string of the molecule is COC(=O)[C@@H](CC(C)C)NC(=O)c1ccc(Br)cc1-c1cccc2ccccc12. The molecule has 0 radical (unpaired) electrons. The highest BCUT2D eigenvalue weighted by Gasteiger charge is 2.24. The van der Waals surface area contributed by atoms with Crippen LogP contribution in [-0.4, -0.2) is 25.0 Å². The molecule has 3 aromatic carbocycles. The number of amides is 1. The molecule has 0 unspecified atom stereocenters. The van der Waals surface area contributed by atoms with Gasteiger partial charge in [-0.2, -0.15) is 0 Å². The summed E-state index contributed by atoms with van der Waals surface area (Å²) in [5.41, 5.74) is 2.29. The van der Waals surface area contributed by atoms with Gasteiger partial charge in [-0.15, -0.1) is 0 Å². The average molecular weight is 454 g/mol. The Balaban J connectivity index is 2.05. The van der Waals surface area contributed by atoms with Gasteiger partial charge in [-0.3, -0.25) is 4.79 Å². The van der Waals surface area contributed by atoms with E-state index in [0.29, 0.717) is 12.0 Å². The van der Waals surface area contributed by atoms with Crippen LogP contribution in [0.2, 0.25) is 0 Å². The molecule has 3 aromatic rings. The molecule has 0 spiro atoms. The van der Waals surface area contributed by atoms with Crippen molar-refractivity contribution in [1.82, 2.24) is 5.32 Å². The normalized spacial score (nSPS) is 12.0. The third-order valence-electron chi connectivity index (χ3n) is 4.80. The van der Waals surface area contributed by atoms with Crippen molar-refractivity contribution < 1.29 is 14.3 Å². The molecule has 150 valence electrons. The van der Waals surface area contributed by atoms with E-state index >= 15 is 0 Å². The standard InChI is InChI=1S/C24H24BrNO3/c1-15(2)13-22(24(28)29-3)26-23(27)20-12-11-17(25)14-21(20)19-10-6-8-16-7-4-5-9-18(16)19/h4-12,14-15,22H,13H2,1-3H3,(H,26,27)/t22-/m1/s1. The highest BCUT2D eigenvalue weighted by Crippen LogP contribution is 2.33. The first kappa shape index (κ1) is 21.1. The predicted octanol–water partition coefficient (Wildman–Crippen LogP) is 5.59. The number of benzene rings is 3. The number of rotatable bonds is 6. The van der Waals surface area contributed by atoms with E-state index in [2.05, 4.69) is 21.2 Å². The summed E-state index contributed by atoms with van der Waals surface area (Å²) in [6.07, 6.45) is 0.512. The Labute approximate surface area is 179 Å². The minimum absolute atomic E-state index is 0.238. The van der Waals surface area contributed by atoms with E-state index in [0.717, 1.165) is 26.4 Å². The minimum Gasteiger partial charge on any atom is -0.467 e. The summed E-state index contributed by atoms with van der Waals surface area (Å²) >= 11 is 3.52. The lowest BCUT2D eigenvalue weighted by molar-refractivity contribution is -0.143. The molecule has 29 heavy (non-hydrogen) atoms. The molecule has 4 nitrogen and oxygen atoms in total. The zero-order chi connectivity index (χ0) is 21.0. The molecule has 0 aliphatic rings. The number of ether oxygens (including phenoxy) is 1. The van der Waals surface area contributed by atoms with Gasteiger partial charge in [-0.25, -0.2) is 4.79 Å². The molecule has 0 aliphatic heterocycles. The van der Waals surface area contributed by atoms with Crippen LogP contribution in [0.1, 0.15) is 30.6 Å². The summed E-state index contributed by atoms with van der Waals surface area (Å²) in [5, 5.41) is 5.03. The first-order valence-electron chi connectivity index (χ1n) is 9.57. The van der Waals surface area contributed by atoms with Crippen molar-refractivity contribution in [2.24, 2.45) is 5.92 Å². The second-order valence-electron chi connectivity index (χ2n) is 7.40. The number of hydrogen-bond acceptors (Lipinski definition) is 3. The van der Waals surface area contributed by atoms with Gasteiger partial charge in [-0.1, -0.05) is 72.2 Å². The van der Waals surface area contributed by atoms with Crippen LogP contribution >= 0.6 is 15.9 Å².